The van der Waals surface area contributed by atoms with Crippen molar-refractivity contribution in [1.82, 2.24) is 20.1 Å². The van der Waals surface area contributed by atoms with Crippen LogP contribution in [0.5, 0.6) is 5.19 Å². The van der Waals surface area contributed by atoms with Gasteiger partial charge in [0, 0.05) is 51.9 Å². The second-order valence-corrected chi connectivity index (χ2v) is 8.86. The lowest BCUT2D eigenvalue weighted by atomic mass is 10.1. The van der Waals surface area contributed by atoms with Crippen LogP contribution >= 0.6 is 11.3 Å². The van der Waals surface area contributed by atoms with Gasteiger partial charge in [0.25, 0.3) is 5.19 Å². The van der Waals surface area contributed by atoms with E-state index in [1.807, 2.05) is 4.90 Å². The van der Waals surface area contributed by atoms with Gasteiger partial charge in [0.05, 0.1) is 10.2 Å². The third-order valence-electron chi connectivity index (χ3n) is 5.72. The zero-order valence-corrected chi connectivity index (χ0v) is 18.1. The summed E-state index contributed by atoms with van der Waals surface area (Å²) in [5.74, 6) is -0.229. The highest BCUT2D eigenvalue weighted by atomic mass is 32.1. The first kappa shape index (κ1) is 20.6. The number of carbonyl (C=O) groups is 3. The zero-order chi connectivity index (χ0) is 21.3. The van der Waals surface area contributed by atoms with E-state index in [9.17, 15) is 14.4 Å². The molecule has 1 aromatic heterocycles. The van der Waals surface area contributed by atoms with Crippen molar-refractivity contribution in [2.24, 2.45) is 0 Å². The third-order valence-corrected chi connectivity index (χ3v) is 6.80. The molecule has 0 bridgehead atoms. The first-order valence-electron chi connectivity index (χ1n) is 10.3. The Hall–Kier alpha value is -2.68. The first-order chi connectivity index (χ1) is 14.4. The Labute approximate surface area is 179 Å². The normalized spacial score (nSPS) is 18.1. The predicted molar refractivity (Wildman–Crippen MR) is 114 cm³/mol. The lowest BCUT2D eigenvalue weighted by Crippen LogP contribution is -2.50. The number of urea groups is 1. The van der Waals surface area contributed by atoms with Gasteiger partial charge in [-0.1, -0.05) is 23.5 Å². The molecule has 0 saturated carbocycles. The molecule has 0 radical (unpaired) electrons. The van der Waals surface area contributed by atoms with Crippen molar-refractivity contribution in [2.45, 2.75) is 45.6 Å². The van der Waals surface area contributed by atoms with E-state index in [4.69, 9.17) is 4.74 Å². The van der Waals surface area contributed by atoms with E-state index in [0.29, 0.717) is 31.4 Å². The van der Waals surface area contributed by atoms with E-state index in [1.165, 1.54) is 15.2 Å². The number of amides is 4. The van der Waals surface area contributed by atoms with Crippen LogP contribution in [0.3, 0.4) is 0 Å². The van der Waals surface area contributed by atoms with Crippen LogP contribution in [-0.2, 0) is 9.59 Å². The van der Waals surface area contributed by atoms with Gasteiger partial charge in [0.15, 0.2) is 0 Å². The van der Waals surface area contributed by atoms with Gasteiger partial charge in [-0.2, -0.15) is 0 Å². The molecule has 2 aliphatic heterocycles. The molecular formula is C21H26N4O4S. The van der Waals surface area contributed by atoms with Gasteiger partial charge in [-0.05, 0) is 25.0 Å². The Bertz CT molecular complexity index is 942. The van der Waals surface area contributed by atoms with Crippen molar-refractivity contribution >= 4 is 39.4 Å². The fourth-order valence-corrected chi connectivity index (χ4v) is 4.88. The second-order valence-electron chi connectivity index (χ2n) is 7.90. The van der Waals surface area contributed by atoms with E-state index >= 15 is 0 Å². The number of likely N-dealkylation sites (tertiary alicyclic amines) is 1. The molecule has 2 saturated heterocycles. The minimum Gasteiger partial charge on any atom is -0.467 e. The molecule has 1 aromatic carbocycles. The summed E-state index contributed by atoms with van der Waals surface area (Å²) in [4.78, 5) is 43.5. The maximum Gasteiger partial charge on any atom is 0.324 e. The van der Waals surface area contributed by atoms with Crippen molar-refractivity contribution in [2.75, 3.05) is 26.2 Å². The van der Waals surface area contributed by atoms with E-state index in [-0.39, 0.29) is 30.8 Å². The molecule has 160 valence electrons. The van der Waals surface area contributed by atoms with Crippen molar-refractivity contribution in [3.63, 3.8) is 0 Å². The van der Waals surface area contributed by atoms with E-state index in [2.05, 4.69) is 36.3 Å². The quantitative estimate of drug-likeness (QED) is 0.787. The van der Waals surface area contributed by atoms with Crippen molar-refractivity contribution in [3.05, 3.63) is 23.3 Å². The molecule has 2 aromatic rings. The molecule has 8 nitrogen and oxygen atoms in total. The summed E-state index contributed by atoms with van der Waals surface area (Å²) in [5.41, 5.74) is 3.36. The molecule has 30 heavy (non-hydrogen) atoms. The first-order valence-corrected chi connectivity index (χ1v) is 11.1. The monoisotopic (exact) mass is 430 g/mol. The smallest absolute Gasteiger partial charge is 0.324 e. The maximum absolute atomic E-state index is 12.5. The van der Waals surface area contributed by atoms with Crippen molar-refractivity contribution < 1.29 is 19.1 Å². The fourth-order valence-electron chi connectivity index (χ4n) is 3.86. The van der Waals surface area contributed by atoms with Gasteiger partial charge in [-0.15, -0.1) is 0 Å². The highest BCUT2D eigenvalue weighted by Gasteiger charge is 2.27. The number of benzene rings is 1. The summed E-state index contributed by atoms with van der Waals surface area (Å²) in [5, 5.41) is 2.97. The fraction of sp³-hybridized carbons (Fsp3) is 0.524. The Morgan fingerprint density at radius 1 is 1.20 bits per heavy atom. The van der Waals surface area contributed by atoms with Crippen LogP contribution in [0.25, 0.3) is 10.2 Å². The molecule has 4 rings (SSSR count). The van der Waals surface area contributed by atoms with E-state index in [1.54, 1.807) is 11.3 Å². The number of piperidine rings is 1. The highest BCUT2D eigenvalue weighted by Crippen LogP contribution is 2.33. The summed E-state index contributed by atoms with van der Waals surface area (Å²) in [6.07, 6.45) is 2.13. The van der Waals surface area contributed by atoms with Crippen LogP contribution in [0.1, 0.15) is 36.8 Å². The molecule has 1 N–H and O–H groups in total. The summed E-state index contributed by atoms with van der Waals surface area (Å²) in [6.45, 7) is 6.11. The number of imide groups is 1. The van der Waals surface area contributed by atoms with Crippen LogP contribution in [0, 0.1) is 13.8 Å². The topological polar surface area (TPSA) is 91.8 Å². The van der Waals surface area contributed by atoms with E-state index < -0.39 is 6.03 Å². The summed E-state index contributed by atoms with van der Waals surface area (Å²) < 4.78 is 7.30. The zero-order valence-electron chi connectivity index (χ0n) is 17.3. The number of nitrogens with one attached hydrogen (secondary N) is 1. The van der Waals surface area contributed by atoms with Crippen molar-refractivity contribution in [1.29, 1.82) is 0 Å². The third kappa shape index (κ3) is 4.40. The van der Waals surface area contributed by atoms with Gasteiger partial charge in [0.1, 0.15) is 6.10 Å². The minimum atomic E-state index is -0.410. The number of nitrogens with zero attached hydrogens (tertiary/aromatic N) is 3. The number of aryl methyl sites for hydroxylation is 2. The summed E-state index contributed by atoms with van der Waals surface area (Å²) in [7, 11) is 0. The maximum atomic E-state index is 12.5. The number of ether oxygens (including phenoxy) is 1. The van der Waals surface area contributed by atoms with Gasteiger partial charge in [-0.25, -0.2) is 9.78 Å². The average molecular weight is 431 g/mol. The number of aromatic nitrogens is 1. The second kappa shape index (κ2) is 8.59. The Balaban J connectivity index is 1.26. The molecule has 4 amide bonds. The Kier molecular flexibility index (Phi) is 5.90. The van der Waals surface area contributed by atoms with Crippen LogP contribution in [0.4, 0.5) is 4.79 Å². The SMILES string of the molecule is Cc1ccc(C)c2sc(OC3CCN(C(=O)CCN4CCC(=O)NC4=O)CC3)nc12. The lowest BCUT2D eigenvalue weighted by molar-refractivity contribution is -0.133. The molecule has 0 unspecified atom stereocenters. The predicted octanol–water partition coefficient (Wildman–Crippen LogP) is 2.61. The largest absolute Gasteiger partial charge is 0.467 e. The lowest BCUT2D eigenvalue weighted by Gasteiger charge is -2.32. The number of rotatable bonds is 5. The van der Waals surface area contributed by atoms with Gasteiger partial charge in [-0.3, -0.25) is 14.9 Å². The van der Waals surface area contributed by atoms with Gasteiger partial charge >= 0.3 is 6.03 Å². The summed E-state index contributed by atoms with van der Waals surface area (Å²) >= 11 is 1.58. The van der Waals surface area contributed by atoms with Gasteiger partial charge < -0.3 is 14.5 Å². The molecule has 9 heteroatoms. The molecule has 2 aliphatic rings. The Morgan fingerprint density at radius 2 is 1.93 bits per heavy atom. The minimum absolute atomic E-state index is 0.0318. The molecule has 0 atom stereocenters. The molecule has 2 fully saturated rings. The van der Waals surface area contributed by atoms with Crippen molar-refractivity contribution in [3.8, 4) is 5.19 Å². The highest BCUT2D eigenvalue weighted by molar-refractivity contribution is 7.20. The van der Waals surface area contributed by atoms with Crippen LogP contribution in [0.2, 0.25) is 0 Å². The number of fused-ring (bicyclic) bond motifs is 1. The molecular weight excluding hydrogens is 404 g/mol. The van der Waals surface area contributed by atoms with Crippen LogP contribution < -0.4 is 10.1 Å². The molecule has 0 aliphatic carbocycles. The average Bonchev–Trinajstić information content (AvgIpc) is 3.15. The number of hydrogen-bond donors (Lipinski definition) is 1. The number of thiazole rings is 1. The molecule has 0 spiro atoms. The summed E-state index contributed by atoms with van der Waals surface area (Å²) in [6, 6.07) is 3.78. The Morgan fingerprint density at radius 3 is 2.63 bits per heavy atom. The van der Waals surface area contributed by atoms with Gasteiger partial charge in [0.2, 0.25) is 11.8 Å². The van der Waals surface area contributed by atoms with Crippen LogP contribution in [-0.4, -0.2) is 64.9 Å². The number of carbonyl (C=O) groups excluding carboxylic acids is 3. The van der Waals surface area contributed by atoms with E-state index in [0.717, 1.165) is 23.9 Å². The standard InChI is InChI=1S/C21H26N4O4S/c1-13-3-4-14(2)19-18(13)23-21(30-19)29-15-5-9-24(10-6-15)17(27)8-12-25-11-7-16(26)22-20(25)28/h3-4,15H,5-12H2,1-2H3,(H,22,26,28). The van der Waals surface area contributed by atoms with Crippen LogP contribution in [0.15, 0.2) is 12.1 Å². The number of hydrogen-bond acceptors (Lipinski definition) is 6. The molecule has 3 heterocycles.